The van der Waals surface area contributed by atoms with Crippen molar-refractivity contribution in [1.82, 2.24) is 9.13 Å². The molecule has 6 nitrogen and oxygen atoms in total. The van der Waals surface area contributed by atoms with E-state index in [0.29, 0.717) is 24.9 Å². The normalized spacial score (nSPS) is 14.2. The van der Waals surface area contributed by atoms with Crippen molar-refractivity contribution in [2.24, 2.45) is 18.0 Å². The van der Waals surface area contributed by atoms with E-state index < -0.39 is 0 Å². The predicted molar refractivity (Wildman–Crippen MR) is 132 cm³/mol. The fourth-order valence-corrected chi connectivity index (χ4v) is 5.66. The van der Waals surface area contributed by atoms with Crippen molar-refractivity contribution >= 4 is 27.3 Å². The molecule has 1 N–H and O–H groups in total. The van der Waals surface area contributed by atoms with Gasteiger partial charge in [-0.15, -0.1) is 11.3 Å². The number of hydrogen-bond donors (Lipinski definition) is 1. The van der Waals surface area contributed by atoms with E-state index in [1.165, 1.54) is 27.1 Å². The molecule has 0 unspecified atom stereocenters. The van der Waals surface area contributed by atoms with Crippen LogP contribution in [0.25, 0.3) is 21.3 Å². The van der Waals surface area contributed by atoms with Crippen LogP contribution in [0.15, 0.2) is 50.0 Å². The molecule has 1 aliphatic rings. The Morgan fingerprint density at radius 1 is 1.22 bits per heavy atom. The van der Waals surface area contributed by atoms with Crippen LogP contribution < -0.4 is 11.2 Å². The van der Waals surface area contributed by atoms with Gasteiger partial charge in [0.05, 0.1) is 18.5 Å². The molecule has 0 saturated carbocycles. The average Bonchev–Trinajstić information content (AvgIpc) is 3.30. The van der Waals surface area contributed by atoms with Gasteiger partial charge in [0.1, 0.15) is 4.83 Å². The van der Waals surface area contributed by atoms with Gasteiger partial charge >= 0.3 is 5.69 Å². The maximum absolute atomic E-state index is 13.4. The van der Waals surface area contributed by atoms with Crippen molar-refractivity contribution < 1.29 is 5.11 Å². The lowest BCUT2D eigenvalue weighted by atomic mass is 9.96. The molecule has 0 saturated heterocycles. The summed E-state index contributed by atoms with van der Waals surface area (Å²) in [7, 11) is 1.55. The Kier molecular flexibility index (Phi) is 6.05. The topological polar surface area (TPSA) is 76.6 Å². The van der Waals surface area contributed by atoms with Gasteiger partial charge in [-0.25, -0.2) is 4.79 Å². The number of thiophene rings is 1. The fraction of sp³-hybridized carbons (Fsp3) is 0.400. The predicted octanol–water partition coefficient (Wildman–Crippen LogP) is 3.91. The summed E-state index contributed by atoms with van der Waals surface area (Å²) in [4.78, 5) is 32.7. The molecule has 0 amide bonds. The maximum Gasteiger partial charge on any atom is 0.331 e. The Bertz CT molecular complexity index is 1390. The molecule has 0 bridgehead atoms. The first-order chi connectivity index (χ1) is 15.2. The number of aromatic nitrogens is 2. The van der Waals surface area contributed by atoms with Crippen molar-refractivity contribution in [2.75, 3.05) is 6.54 Å². The molecule has 0 radical (unpaired) electrons. The van der Waals surface area contributed by atoms with Crippen LogP contribution in [0.1, 0.15) is 38.1 Å². The van der Waals surface area contributed by atoms with Crippen LogP contribution in [0, 0.1) is 5.92 Å². The zero-order valence-electron chi connectivity index (χ0n) is 19.2. The van der Waals surface area contributed by atoms with Crippen LogP contribution in [0.2, 0.25) is 0 Å². The molecule has 168 valence electrons. The highest BCUT2D eigenvalue weighted by atomic mass is 32.1. The third kappa shape index (κ3) is 3.80. The van der Waals surface area contributed by atoms with Crippen LogP contribution in [0.3, 0.4) is 0 Å². The molecular formula is C25H29N3O3S. The van der Waals surface area contributed by atoms with Gasteiger partial charge in [-0.3, -0.25) is 18.9 Å². The largest absolute Gasteiger partial charge is 0.392 e. The van der Waals surface area contributed by atoms with E-state index in [2.05, 4.69) is 25.8 Å². The van der Waals surface area contributed by atoms with E-state index >= 15 is 0 Å². The molecule has 3 heterocycles. The molecule has 0 fully saturated rings. The molecule has 1 aliphatic heterocycles. The second-order valence-electron chi connectivity index (χ2n) is 8.93. The van der Waals surface area contributed by atoms with Crippen molar-refractivity contribution in [3.63, 3.8) is 0 Å². The summed E-state index contributed by atoms with van der Waals surface area (Å²) >= 11 is 1.53. The number of aliphatic hydroxyl groups is 1. The van der Waals surface area contributed by atoms with Crippen molar-refractivity contribution in [2.45, 2.75) is 47.3 Å². The van der Waals surface area contributed by atoms with Gasteiger partial charge in [0.2, 0.25) is 0 Å². The van der Waals surface area contributed by atoms with Gasteiger partial charge in [-0.2, -0.15) is 0 Å². The monoisotopic (exact) mass is 451 g/mol. The highest BCUT2D eigenvalue weighted by Gasteiger charge is 2.25. The van der Waals surface area contributed by atoms with Crippen molar-refractivity contribution in [1.29, 1.82) is 0 Å². The van der Waals surface area contributed by atoms with E-state index in [1.54, 1.807) is 11.6 Å². The van der Waals surface area contributed by atoms with Crippen LogP contribution in [0.4, 0.5) is 0 Å². The Labute approximate surface area is 191 Å². The number of nitrogens with zero attached hydrogens (tertiary/aromatic N) is 3. The van der Waals surface area contributed by atoms with Gasteiger partial charge in [0.25, 0.3) is 5.56 Å². The summed E-state index contributed by atoms with van der Waals surface area (Å²) in [6.07, 6.45) is 0.665. The summed E-state index contributed by atoms with van der Waals surface area (Å²) in [5.74, 6) is 0.259. The average molecular weight is 452 g/mol. The molecule has 1 aromatic carbocycles. The Balaban J connectivity index is 2.08. The number of rotatable bonds is 6. The minimum atomic E-state index is -0.284. The van der Waals surface area contributed by atoms with Crippen molar-refractivity contribution in [3.8, 4) is 11.1 Å². The number of aliphatic imine (C=N–C) groups is 1. The minimum absolute atomic E-state index is 0.0721. The van der Waals surface area contributed by atoms with E-state index in [-0.39, 0.29) is 23.8 Å². The number of allylic oxidation sites excluding steroid dienone is 1. The highest BCUT2D eigenvalue weighted by Crippen LogP contribution is 2.39. The summed E-state index contributed by atoms with van der Waals surface area (Å²) in [6, 6.07) is 7.66. The summed E-state index contributed by atoms with van der Waals surface area (Å²) in [5, 5.41) is 10.3. The van der Waals surface area contributed by atoms with Gasteiger partial charge in [-0.1, -0.05) is 32.0 Å². The quantitative estimate of drug-likeness (QED) is 0.617. The molecule has 7 heteroatoms. The fourth-order valence-electron chi connectivity index (χ4n) is 4.33. The van der Waals surface area contributed by atoms with Crippen LogP contribution >= 0.6 is 11.3 Å². The van der Waals surface area contributed by atoms with E-state index in [1.807, 2.05) is 31.2 Å². The lowest BCUT2D eigenvalue weighted by molar-refractivity contribution is 0.282. The zero-order valence-corrected chi connectivity index (χ0v) is 20.0. The lowest BCUT2D eigenvalue weighted by Crippen LogP contribution is -2.38. The van der Waals surface area contributed by atoms with Crippen LogP contribution in [-0.2, 0) is 26.6 Å². The maximum atomic E-state index is 13.4. The standard InChI is InChI=1S/C25H29N3O3S/c1-14(2)12-28-24-22(23(30)27(5)25(28)31)21(18-8-6-7-17(9-18)13-29)20(32-24)10-19-15(3)11-26-16(19)4/h6-9,14,29H,10-13H2,1-5H3. The van der Waals surface area contributed by atoms with Gasteiger partial charge in [0.15, 0.2) is 0 Å². The van der Waals surface area contributed by atoms with Crippen LogP contribution in [-0.4, -0.2) is 26.5 Å². The molecular weight excluding hydrogens is 422 g/mol. The summed E-state index contributed by atoms with van der Waals surface area (Å²) < 4.78 is 2.96. The molecule has 32 heavy (non-hydrogen) atoms. The van der Waals surface area contributed by atoms with E-state index in [0.717, 1.165) is 32.1 Å². The minimum Gasteiger partial charge on any atom is -0.392 e. The smallest absolute Gasteiger partial charge is 0.331 e. The highest BCUT2D eigenvalue weighted by molar-refractivity contribution is 7.19. The van der Waals surface area contributed by atoms with Crippen molar-refractivity contribution in [3.05, 3.63) is 66.7 Å². The third-order valence-corrected chi connectivity index (χ3v) is 7.25. The molecule has 3 aromatic rings. The molecule has 0 aliphatic carbocycles. The first-order valence-electron chi connectivity index (χ1n) is 10.9. The Morgan fingerprint density at radius 2 is 1.97 bits per heavy atom. The van der Waals surface area contributed by atoms with Gasteiger partial charge in [-0.05, 0) is 48.1 Å². The van der Waals surface area contributed by atoms with E-state index in [9.17, 15) is 14.7 Å². The second-order valence-corrected chi connectivity index (χ2v) is 10.0. The first-order valence-corrected chi connectivity index (χ1v) is 11.7. The number of fused-ring (bicyclic) bond motifs is 1. The van der Waals surface area contributed by atoms with E-state index in [4.69, 9.17) is 0 Å². The molecule has 0 spiro atoms. The second kappa shape index (κ2) is 8.64. The molecule has 0 atom stereocenters. The summed E-state index contributed by atoms with van der Waals surface area (Å²) in [6.45, 7) is 9.44. The Hall–Kier alpha value is -2.77. The van der Waals surface area contributed by atoms with Gasteiger partial charge in [0, 0.05) is 36.2 Å². The number of aliphatic hydroxyl groups excluding tert-OH is 1. The third-order valence-electron chi connectivity index (χ3n) is 6.03. The Morgan fingerprint density at radius 3 is 2.59 bits per heavy atom. The first kappa shape index (κ1) is 22.4. The number of benzene rings is 1. The lowest BCUT2D eigenvalue weighted by Gasteiger charge is -2.12. The molecule has 4 rings (SSSR count). The zero-order chi connectivity index (χ0) is 23.2. The number of hydrogen-bond acceptors (Lipinski definition) is 5. The molecule has 2 aromatic heterocycles. The van der Waals surface area contributed by atoms with Crippen LogP contribution in [0.5, 0.6) is 0 Å². The SMILES string of the molecule is CC1=NCC(C)=C1Cc1sc2c(c1-c1cccc(CO)c1)c(=O)n(C)c(=O)n2CC(C)C. The summed E-state index contributed by atoms with van der Waals surface area (Å²) in [5.41, 5.74) is 5.44. The van der Waals surface area contributed by atoms with Gasteiger partial charge < -0.3 is 5.11 Å².